The van der Waals surface area contributed by atoms with Crippen LogP contribution in [0.3, 0.4) is 0 Å². The Morgan fingerprint density at radius 2 is 1.93 bits per heavy atom. The van der Waals surface area contributed by atoms with Gasteiger partial charge in [-0.15, -0.1) is 0 Å². The molecule has 1 saturated carbocycles. The van der Waals surface area contributed by atoms with Crippen LogP contribution in [0.5, 0.6) is 5.88 Å². The molecule has 2 fully saturated rings. The standard InChI is InChI=1S/C22H34N2O5S/c1-22(2,3)15-29-21(25)24-10-7-16(8-11-24)19-13-17(19)9-12-28-20-6-5-18(14-23-20)30(4,26)27/h5-6,14,16-17,19H,7-13,15H2,1-4H3/t17-,19?/m1/s1. The number of hydrogen-bond acceptors (Lipinski definition) is 6. The predicted molar refractivity (Wildman–Crippen MR) is 114 cm³/mol. The zero-order chi connectivity index (χ0) is 21.9. The number of nitrogens with zero attached hydrogens (tertiary/aromatic N) is 2. The molecule has 2 heterocycles. The molecule has 30 heavy (non-hydrogen) atoms. The molecule has 1 saturated heterocycles. The minimum absolute atomic E-state index is 0.0114. The van der Waals surface area contributed by atoms with Gasteiger partial charge < -0.3 is 14.4 Å². The molecule has 1 aliphatic heterocycles. The average Bonchev–Trinajstić information content (AvgIpc) is 3.45. The number of hydrogen-bond donors (Lipinski definition) is 0. The molecule has 0 bridgehead atoms. The van der Waals surface area contributed by atoms with Gasteiger partial charge in [0.1, 0.15) is 0 Å². The van der Waals surface area contributed by atoms with Gasteiger partial charge in [-0.25, -0.2) is 18.2 Å². The van der Waals surface area contributed by atoms with Crippen LogP contribution in [0.15, 0.2) is 23.2 Å². The Hall–Kier alpha value is -1.83. The van der Waals surface area contributed by atoms with Crippen molar-refractivity contribution in [3.05, 3.63) is 18.3 Å². The Balaban J connectivity index is 1.33. The summed E-state index contributed by atoms with van der Waals surface area (Å²) in [5.41, 5.74) is -0.0114. The highest BCUT2D eigenvalue weighted by atomic mass is 32.2. The smallest absolute Gasteiger partial charge is 0.409 e. The van der Waals surface area contributed by atoms with Crippen molar-refractivity contribution < 1.29 is 22.7 Å². The monoisotopic (exact) mass is 438 g/mol. The average molecular weight is 439 g/mol. The van der Waals surface area contributed by atoms with E-state index in [2.05, 4.69) is 25.8 Å². The van der Waals surface area contributed by atoms with Crippen LogP contribution in [-0.2, 0) is 14.6 Å². The van der Waals surface area contributed by atoms with Crippen molar-refractivity contribution in [1.29, 1.82) is 0 Å². The van der Waals surface area contributed by atoms with Crippen molar-refractivity contribution in [1.82, 2.24) is 9.88 Å². The van der Waals surface area contributed by atoms with E-state index in [9.17, 15) is 13.2 Å². The van der Waals surface area contributed by atoms with Crippen LogP contribution in [-0.4, -0.2) is 57.0 Å². The first-order chi connectivity index (χ1) is 14.0. The number of rotatable bonds is 7. The van der Waals surface area contributed by atoms with Gasteiger partial charge >= 0.3 is 6.09 Å². The Bertz CT molecular complexity index is 824. The number of pyridine rings is 1. The van der Waals surface area contributed by atoms with Gasteiger partial charge in [-0.3, -0.25) is 0 Å². The fourth-order valence-corrected chi connectivity index (χ4v) is 4.61. The second-order valence-corrected chi connectivity index (χ2v) is 11.9. The van der Waals surface area contributed by atoms with E-state index in [0.29, 0.717) is 30.9 Å². The highest BCUT2D eigenvalue weighted by Crippen LogP contribution is 2.49. The molecule has 1 aromatic heterocycles. The Kier molecular flexibility index (Phi) is 6.95. The minimum atomic E-state index is -3.23. The normalized spacial score (nSPS) is 22.6. The maximum Gasteiger partial charge on any atom is 0.409 e. The summed E-state index contributed by atoms with van der Waals surface area (Å²) in [5.74, 6) is 2.53. The third-order valence-electron chi connectivity index (χ3n) is 5.89. The Morgan fingerprint density at radius 1 is 1.23 bits per heavy atom. The fourth-order valence-electron chi connectivity index (χ4n) is 4.05. The minimum Gasteiger partial charge on any atom is -0.478 e. The van der Waals surface area contributed by atoms with E-state index >= 15 is 0 Å². The van der Waals surface area contributed by atoms with Crippen LogP contribution in [0.1, 0.15) is 46.5 Å². The highest BCUT2D eigenvalue weighted by molar-refractivity contribution is 7.90. The molecule has 1 aliphatic carbocycles. The van der Waals surface area contributed by atoms with Gasteiger partial charge in [0.2, 0.25) is 5.88 Å². The van der Waals surface area contributed by atoms with Gasteiger partial charge in [0.05, 0.1) is 18.1 Å². The molecule has 168 valence electrons. The number of carbonyl (C=O) groups is 1. The van der Waals surface area contributed by atoms with Crippen LogP contribution in [0.4, 0.5) is 4.79 Å². The number of piperidine rings is 1. The molecule has 1 aromatic rings. The summed E-state index contributed by atoms with van der Waals surface area (Å²) in [7, 11) is -3.23. The second-order valence-electron chi connectivity index (χ2n) is 9.84. The van der Waals surface area contributed by atoms with Crippen LogP contribution < -0.4 is 4.74 Å². The van der Waals surface area contributed by atoms with Gasteiger partial charge in [0.25, 0.3) is 0 Å². The van der Waals surface area contributed by atoms with E-state index in [4.69, 9.17) is 9.47 Å². The van der Waals surface area contributed by atoms with Crippen LogP contribution in [0.25, 0.3) is 0 Å². The van der Waals surface area contributed by atoms with Crippen molar-refractivity contribution in [2.24, 2.45) is 23.2 Å². The maximum absolute atomic E-state index is 12.2. The van der Waals surface area contributed by atoms with E-state index in [1.165, 1.54) is 18.7 Å². The molecule has 7 nitrogen and oxygen atoms in total. The third kappa shape index (κ3) is 6.59. The first-order valence-electron chi connectivity index (χ1n) is 10.7. The lowest BCUT2D eigenvalue weighted by Gasteiger charge is -2.32. The molecule has 1 amide bonds. The summed E-state index contributed by atoms with van der Waals surface area (Å²) < 4.78 is 34.0. The predicted octanol–water partition coefficient (Wildman–Crippen LogP) is 3.78. The van der Waals surface area contributed by atoms with Crippen LogP contribution in [0, 0.1) is 23.2 Å². The molecule has 8 heteroatoms. The van der Waals surface area contributed by atoms with E-state index in [0.717, 1.165) is 44.5 Å². The lowest BCUT2D eigenvalue weighted by molar-refractivity contribution is 0.0602. The molecule has 0 aromatic carbocycles. The van der Waals surface area contributed by atoms with Crippen LogP contribution in [0.2, 0.25) is 0 Å². The molecule has 3 rings (SSSR count). The van der Waals surface area contributed by atoms with Crippen molar-refractivity contribution in [2.45, 2.75) is 51.3 Å². The summed E-state index contributed by atoms with van der Waals surface area (Å²) in [6.45, 7) is 8.78. The fraction of sp³-hybridized carbons (Fsp3) is 0.727. The highest BCUT2D eigenvalue weighted by Gasteiger charge is 2.43. The third-order valence-corrected chi connectivity index (χ3v) is 6.98. The number of ether oxygens (including phenoxy) is 2. The van der Waals surface area contributed by atoms with E-state index < -0.39 is 9.84 Å². The molecular formula is C22H34N2O5S. The number of aromatic nitrogens is 1. The summed E-state index contributed by atoms with van der Waals surface area (Å²) in [6, 6.07) is 3.13. The molecular weight excluding hydrogens is 404 g/mol. The van der Waals surface area contributed by atoms with E-state index in [1.807, 2.05) is 4.90 Å². The van der Waals surface area contributed by atoms with Gasteiger partial charge in [-0.2, -0.15) is 0 Å². The zero-order valence-electron chi connectivity index (χ0n) is 18.5. The SMILES string of the molecule is CC(C)(C)COC(=O)N1CCC(C2C[C@H]2CCOc2ccc(S(C)(=O)=O)cn2)CC1. The number of amides is 1. The lowest BCUT2D eigenvalue weighted by atomic mass is 9.90. The zero-order valence-corrected chi connectivity index (χ0v) is 19.3. The molecule has 1 unspecified atom stereocenters. The number of likely N-dealkylation sites (tertiary alicyclic amines) is 1. The summed E-state index contributed by atoms with van der Waals surface area (Å²) >= 11 is 0. The van der Waals surface area contributed by atoms with Crippen molar-refractivity contribution in [3.63, 3.8) is 0 Å². The summed E-state index contributed by atoms with van der Waals surface area (Å²) in [5, 5.41) is 0. The van der Waals surface area contributed by atoms with Crippen LogP contribution >= 0.6 is 0 Å². The number of carbonyl (C=O) groups excluding carboxylic acids is 1. The van der Waals surface area contributed by atoms with E-state index in [1.54, 1.807) is 6.07 Å². The molecule has 2 aliphatic rings. The van der Waals surface area contributed by atoms with Gasteiger partial charge in [-0.05, 0) is 54.9 Å². The summed E-state index contributed by atoms with van der Waals surface area (Å²) in [6.07, 6.45) is 6.61. The quantitative estimate of drug-likeness (QED) is 0.644. The topological polar surface area (TPSA) is 85.8 Å². The molecule has 0 spiro atoms. The molecule has 0 N–H and O–H groups in total. The first kappa shape index (κ1) is 22.8. The Morgan fingerprint density at radius 3 is 2.50 bits per heavy atom. The summed E-state index contributed by atoms with van der Waals surface area (Å²) in [4.78, 5) is 18.3. The first-order valence-corrected chi connectivity index (χ1v) is 12.6. The van der Waals surface area contributed by atoms with Crippen molar-refractivity contribution in [3.8, 4) is 5.88 Å². The maximum atomic E-state index is 12.2. The second kappa shape index (κ2) is 9.12. The number of sulfone groups is 1. The largest absolute Gasteiger partial charge is 0.478 e. The van der Waals surface area contributed by atoms with Crippen molar-refractivity contribution in [2.75, 3.05) is 32.6 Å². The molecule has 2 atom stereocenters. The van der Waals surface area contributed by atoms with Gasteiger partial charge in [0.15, 0.2) is 9.84 Å². The molecule has 0 radical (unpaired) electrons. The van der Waals surface area contributed by atoms with Gasteiger partial charge in [0, 0.05) is 31.6 Å². The van der Waals surface area contributed by atoms with Crippen molar-refractivity contribution >= 4 is 15.9 Å². The Labute approximate surface area is 180 Å². The van der Waals surface area contributed by atoms with E-state index in [-0.39, 0.29) is 16.4 Å². The lowest BCUT2D eigenvalue weighted by Crippen LogP contribution is -2.40. The van der Waals surface area contributed by atoms with Gasteiger partial charge in [-0.1, -0.05) is 20.8 Å².